The third-order valence-electron chi connectivity index (χ3n) is 11.2. The van der Waals surface area contributed by atoms with Crippen molar-refractivity contribution in [2.75, 3.05) is 39.6 Å². The maximum atomic E-state index is 7.18. The van der Waals surface area contributed by atoms with E-state index in [0.717, 1.165) is 88.6 Å². The maximum Gasteiger partial charge on any atom is 0.223 e. The molecule has 364 valence electrons. The molecule has 0 N–H and O–H groups in total. The first-order valence-corrected chi connectivity index (χ1v) is 26.9. The van der Waals surface area contributed by atoms with Crippen molar-refractivity contribution in [3.8, 4) is 0 Å². The van der Waals surface area contributed by atoms with E-state index in [1.54, 1.807) is 0 Å². The summed E-state index contributed by atoms with van der Waals surface area (Å²) >= 11 is 0. The second-order valence-corrected chi connectivity index (χ2v) is 17.5. The van der Waals surface area contributed by atoms with Crippen LogP contribution >= 0.6 is 0 Å². The van der Waals surface area contributed by atoms with Crippen molar-refractivity contribution >= 4 is 0 Å². The molecule has 2 atom stereocenters. The van der Waals surface area contributed by atoms with Crippen molar-refractivity contribution in [2.24, 2.45) is 0 Å². The third-order valence-corrected chi connectivity index (χ3v) is 11.2. The number of unbranched alkanes of at least 4 members (excludes halogenated alkanes) is 24. The summed E-state index contributed by atoms with van der Waals surface area (Å²) in [5.74, 6) is 3.08. The van der Waals surface area contributed by atoms with Gasteiger partial charge in [-0.05, 0) is 51.4 Å². The zero-order chi connectivity index (χ0) is 44.7. The highest BCUT2D eigenvalue weighted by molar-refractivity contribution is 5.09. The Labute approximate surface area is 380 Å². The zero-order valence-corrected chi connectivity index (χ0v) is 42.3. The Balaban J connectivity index is 6.98. The fourth-order valence-corrected chi connectivity index (χ4v) is 7.42. The number of hydrogen-bond acceptors (Lipinski definition) is 7. The van der Waals surface area contributed by atoms with Crippen LogP contribution in [0.4, 0.5) is 0 Å². The van der Waals surface area contributed by atoms with E-state index in [1.165, 1.54) is 141 Å². The topological polar surface area (TPSA) is 64.6 Å². The van der Waals surface area contributed by atoms with Crippen LogP contribution in [-0.2, 0) is 33.2 Å². The smallest absolute Gasteiger partial charge is 0.223 e. The second kappa shape index (κ2) is 48.0. The first-order valence-electron chi connectivity index (χ1n) is 26.9. The van der Waals surface area contributed by atoms with Gasteiger partial charge in [0.25, 0.3) is 0 Å². The van der Waals surface area contributed by atoms with E-state index in [4.69, 9.17) is 33.2 Å². The minimum atomic E-state index is -0.798. The van der Waals surface area contributed by atoms with E-state index in [9.17, 15) is 0 Å². The Hall–Kier alpha value is -1.44. The molecule has 61 heavy (non-hydrogen) atoms. The Morgan fingerprint density at radius 1 is 0.262 bits per heavy atom. The van der Waals surface area contributed by atoms with Crippen LogP contribution in [0.1, 0.15) is 274 Å². The molecule has 0 radical (unpaired) electrons. The summed E-state index contributed by atoms with van der Waals surface area (Å²) in [6.45, 7) is 21.3. The lowest BCUT2D eigenvalue weighted by Crippen LogP contribution is -2.34. The van der Waals surface area contributed by atoms with Gasteiger partial charge in [0.2, 0.25) is 12.6 Å². The van der Waals surface area contributed by atoms with Gasteiger partial charge in [-0.2, -0.15) is 0 Å². The summed E-state index contributed by atoms with van der Waals surface area (Å²) in [5.41, 5.74) is 0. The van der Waals surface area contributed by atoms with Crippen molar-refractivity contribution < 1.29 is 33.2 Å². The molecule has 0 aliphatic rings. The van der Waals surface area contributed by atoms with Gasteiger partial charge in [-0.15, -0.1) is 0 Å². The number of allylic oxidation sites excluding steroid dienone is 2. The molecule has 0 aromatic heterocycles. The summed E-state index contributed by atoms with van der Waals surface area (Å²) in [4.78, 5) is 0. The summed E-state index contributed by atoms with van der Waals surface area (Å²) in [5, 5.41) is 0. The summed E-state index contributed by atoms with van der Waals surface area (Å²) < 4.78 is 47.5. The number of hydrogen-bond donors (Lipinski definition) is 0. The highest BCUT2D eigenvalue weighted by atomic mass is 16.8. The van der Waals surface area contributed by atoms with Crippen molar-refractivity contribution in [3.05, 3.63) is 23.0 Å². The second-order valence-electron chi connectivity index (χ2n) is 17.5. The molecule has 0 saturated heterocycles. The van der Waals surface area contributed by atoms with E-state index in [2.05, 4.69) is 55.4 Å². The predicted molar refractivity (Wildman–Crippen MR) is 261 cm³/mol. The van der Waals surface area contributed by atoms with Crippen LogP contribution in [0.15, 0.2) is 23.0 Å². The quantitative estimate of drug-likeness (QED) is 0.0343. The average molecular weight is 867 g/mol. The number of rotatable bonds is 50. The third kappa shape index (κ3) is 35.6. The molecular weight excluding hydrogens is 761 g/mol. The van der Waals surface area contributed by atoms with E-state index in [0.29, 0.717) is 51.2 Å². The Morgan fingerprint density at radius 2 is 0.525 bits per heavy atom. The molecule has 0 aromatic rings. The Bertz CT molecular complexity index is 876. The van der Waals surface area contributed by atoms with Crippen LogP contribution in [0, 0.1) is 0 Å². The molecule has 2 unspecified atom stereocenters. The molecule has 0 amide bonds. The molecule has 0 aliphatic heterocycles. The van der Waals surface area contributed by atoms with Gasteiger partial charge in [-0.1, -0.05) is 209 Å². The average Bonchev–Trinajstić information content (AvgIpc) is 3.27. The molecule has 0 saturated carbocycles. The lowest BCUT2D eigenvalue weighted by molar-refractivity contribution is -0.243. The highest BCUT2D eigenvalue weighted by Gasteiger charge is 2.32. The van der Waals surface area contributed by atoms with Crippen LogP contribution in [0.2, 0.25) is 0 Å². The van der Waals surface area contributed by atoms with Crippen LogP contribution in [0.5, 0.6) is 0 Å². The minimum absolute atomic E-state index is 0.563. The van der Waals surface area contributed by atoms with Gasteiger partial charge >= 0.3 is 0 Å². The van der Waals surface area contributed by atoms with Gasteiger partial charge in [0.15, 0.2) is 11.5 Å². The molecule has 0 spiro atoms. The zero-order valence-electron chi connectivity index (χ0n) is 42.3. The molecule has 0 rings (SSSR count). The lowest BCUT2D eigenvalue weighted by Gasteiger charge is -2.30. The molecule has 0 fully saturated rings. The molecule has 0 aromatic carbocycles. The van der Waals surface area contributed by atoms with Crippen LogP contribution in [0.25, 0.3) is 0 Å². The SMILES string of the molecule is CCCCCCCCCCC(OCCC)=C(OCCC)C(OCCCCCCCC)OC(OCCCCCCCC)C(OCCC)=C(CCCCCCCCCC)OCCC. The first-order chi connectivity index (χ1) is 30.1. The molecule has 7 nitrogen and oxygen atoms in total. The van der Waals surface area contributed by atoms with Gasteiger partial charge in [-0.25, -0.2) is 0 Å². The van der Waals surface area contributed by atoms with E-state index < -0.39 is 12.6 Å². The largest absolute Gasteiger partial charge is 0.494 e. The van der Waals surface area contributed by atoms with Gasteiger partial charge in [0, 0.05) is 12.8 Å². The number of ether oxygens (including phenoxy) is 7. The first kappa shape index (κ1) is 59.6. The normalized spacial score (nSPS) is 13.5. The predicted octanol–water partition coefficient (Wildman–Crippen LogP) is 17.6. The summed E-state index contributed by atoms with van der Waals surface area (Å²) in [7, 11) is 0. The summed E-state index contributed by atoms with van der Waals surface area (Å²) in [6.07, 6.45) is 38.0. The van der Waals surface area contributed by atoms with E-state index in [1.807, 2.05) is 0 Å². The van der Waals surface area contributed by atoms with Crippen LogP contribution < -0.4 is 0 Å². The van der Waals surface area contributed by atoms with E-state index in [-0.39, 0.29) is 0 Å². The van der Waals surface area contributed by atoms with Crippen molar-refractivity contribution in [1.82, 2.24) is 0 Å². The Kier molecular flexibility index (Phi) is 46.9. The fraction of sp³-hybridized carbons (Fsp3) is 0.926. The molecular formula is C54H106O7. The van der Waals surface area contributed by atoms with Gasteiger partial charge in [-0.3, -0.25) is 0 Å². The molecule has 0 bridgehead atoms. The molecule has 0 heterocycles. The van der Waals surface area contributed by atoms with Crippen molar-refractivity contribution in [2.45, 2.75) is 286 Å². The fourth-order valence-electron chi connectivity index (χ4n) is 7.42. The Morgan fingerprint density at radius 3 is 0.820 bits per heavy atom. The standard InChI is InChI=1S/C54H106O7/c1-9-17-21-25-29-31-33-37-41-49(55-43-13-5)51(57-45-15-7)53(59-47-39-35-27-23-19-11-3)61-54(60-48-40-36-28-24-20-12-4)52(58-46-16-8)50(56-44-14-6)42-38-34-32-30-26-22-18-10-2/h53-54H,9-48H2,1-8H3. The molecule has 0 aliphatic carbocycles. The van der Waals surface area contributed by atoms with Gasteiger partial charge < -0.3 is 33.2 Å². The van der Waals surface area contributed by atoms with Gasteiger partial charge in [0.1, 0.15) is 11.5 Å². The molecule has 7 heteroatoms. The monoisotopic (exact) mass is 867 g/mol. The van der Waals surface area contributed by atoms with Gasteiger partial charge in [0.05, 0.1) is 39.6 Å². The summed E-state index contributed by atoms with van der Waals surface area (Å²) in [6, 6.07) is 0. The van der Waals surface area contributed by atoms with Crippen molar-refractivity contribution in [1.29, 1.82) is 0 Å². The van der Waals surface area contributed by atoms with Crippen LogP contribution in [0.3, 0.4) is 0 Å². The highest BCUT2D eigenvalue weighted by Crippen LogP contribution is 2.29. The maximum absolute atomic E-state index is 7.18. The van der Waals surface area contributed by atoms with Crippen molar-refractivity contribution in [3.63, 3.8) is 0 Å². The minimum Gasteiger partial charge on any atom is -0.494 e. The van der Waals surface area contributed by atoms with E-state index >= 15 is 0 Å². The van der Waals surface area contributed by atoms with Crippen LogP contribution in [-0.4, -0.2) is 52.2 Å². The lowest BCUT2D eigenvalue weighted by atomic mass is 10.1.